The second-order valence-electron chi connectivity index (χ2n) is 4.56. The first kappa shape index (κ1) is 15.9. The maximum absolute atomic E-state index is 13.5. The third-order valence-corrected chi connectivity index (χ3v) is 2.86. The van der Waals surface area contributed by atoms with Gasteiger partial charge in [0.25, 0.3) is 0 Å². The van der Waals surface area contributed by atoms with E-state index in [0.717, 1.165) is 12.1 Å². The van der Waals surface area contributed by atoms with E-state index in [4.69, 9.17) is 9.84 Å². The maximum Gasteiger partial charge on any atom is 0.228 e. The van der Waals surface area contributed by atoms with Crippen molar-refractivity contribution < 1.29 is 23.4 Å². The molecule has 0 aliphatic heterocycles. The van der Waals surface area contributed by atoms with Gasteiger partial charge >= 0.3 is 0 Å². The Kier molecular flexibility index (Phi) is 5.43. The fourth-order valence-corrected chi connectivity index (χ4v) is 1.84. The zero-order valence-electron chi connectivity index (χ0n) is 11.7. The fraction of sp³-hybridized carbons (Fsp3) is 0.188. The highest BCUT2D eigenvalue weighted by atomic mass is 19.1. The molecule has 2 aromatic rings. The van der Waals surface area contributed by atoms with E-state index in [0.29, 0.717) is 11.4 Å². The van der Waals surface area contributed by atoms with E-state index < -0.39 is 17.5 Å². The monoisotopic (exact) mass is 307 g/mol. The van der Waals surface area contributed by atoms with E-state index in [2.05, 4.69) is 5.32 Å². The van der Waals surface area contributed by atoms with Gasteiger partial charge in [-0.3, -0.25) is 4.79 Å². The summed E-state index contributed by atoms with van der Waals surface area (Å²) < 4.78 is 31.4. The van der Waals surface area contributed by atoms with Crippen LogP contribution in [-0.2, 0) is 11.2 Å². The molecule has 4 nitrogen and oxygen atoms in total. The van der Waals surface area contributed by atoms with Gasteiger partial charge < -0.3 is 15.2 Å². The lowest BCUT2D eigenvalue weighted by atomic mass is 10.1. The minimum atomic E-state index is -0.747. The predicted octanol–water partition coefficient (Wildman–Crippen LogP) is 2.52. The standard InChI is InChI=1S/C16H15F2NO3/c17-12-2-1-11(15(18)10-12)9-16(21)19-13-3-5-14(6-4-13)22-8-7-20/h1-6,10,20H,7-9H2,(H,19,21). The van der Waals surface area contributed by atoms with Gasteiger partial charge in [-0.1, -0.05) is 6.07 Å². The number of anilines is 1. The van der Waals surface area contributed by atoms with Crippen molar-refractivity contribution in [2.24, 2.45) is 0 Å². The summed E-state index contributed by atoms with van der Waals surface area (Å²) in [6.07, 6.45) is -0.186. The van der Waals surface area contributed by atoms with Crippen LogP contribution in [-0.4, -0.2) is 24.2 Å². The summed E-state index contributed by atoms with van der Waals surface area (Å²) in [6, 6.07) is 9.65. The Labute approximate surface area is 126 Å². The molecule has 0 spiro atoms. The number of carbonyl (C=O) groups is 1. The summed E-state index contributed by atoms with van der Waals surface area (Å²) in [5.41, 5.74) is 0.658. The highest BCUT2D eigenvalue weighted by molar-refractivity contribution is 5.92. The van der Waals surface area contributed by atoms with Crippen molar-refractivity contribution in [3.05, 3.63) is 59.7 Å². The normalized spacial score (nSPS) is 10.3. The molecule has 116 valence electrons. The number of hydrogen-bond donors (Lipinski definition) is 2. The van der Waals surface area contributed by atoms with Gasteiger partial charge in [0.1, 0.15) is 24.0 Å². The van der Waals surface area contributed by atoms with Gasteiger partial charge in [-0.15, -0.1) is 0 Å². The maximum atomic E-state index is 13.5. The van der Waals surface area contributed by atoms with Gasteiger partial charge in [-0.2, -0.15) is 0 Å². The first-order valence-electron chi connectivity index (χ1n) is 6.66. The number of ether oxygens (including phenoxy) is 1. The van der Waals surface area contributed by atoms with Gasteiger partial charge in [0.15, 0.2) is 0 Å². The average molecular weight is 307 g/mol. The quantitative estimate of drug-likeness (QED) is 0.862. The van der Waals surface area contributed by atoms with Crippen LogP contribution in [0, 0.1) is 11.6 Å². The molecule has 6 heteroatoms. The van der Waals surface area contributed by atoms with Gasteiger partial charge in [0.05, 0.1) is 13.0 Å². The summed E-state index contributed by atoms with van der Waals surface area (Å²) in [4.78, 5) is 11.8. The number of carbonyl (C=O) groups excluding carboxylic acids is 1. The Morgan fingerprint density at radius 3 is 2.50 bits per heavy atom. The fourth-order valence-electron chi connectivity index (χ4n) is 1.84. The van der Waals surface area contributed by atoms with Crippen molar-refractivity contribution in [2.45, 2.75) is 6.42 Å². The Bertz CT molecular complexity index is 644. The Balaban J connectivity index is 1.94. The Morgan fingerprint density at radius 2 is 1.86 bits per heavy atom. The molecule has 0 saturated carbocycles. The highest BCUT2D eigenvalue weighted by Gasteiger charge is 2.09. The average Bonchev–Trinajstić information content (AvgIpc) is 2.49. The van der Waals surface area contributed by atoms with Crippen molar-refractivity contribution in [1.29, 1.82) is 0 Å². The second-order valence-corrected chi connectivity index (χ2v) is 4.56. The van der Waals surface area contributed by atoms with Crippen LogP contribution in [0.2, 0.25) is 0 Å². The molecule has 2 rings (SSSR count). The molecule has 22 heavy (non-hydrogen) atoms. The molecule has 0 heterocycles. The lowest BCUT2D eigenvalue weighted by Crippen LogP contribution is -2.15. The SMILES string of the molecule is O=C(Cc1ccc(F)cc1F)Nc1ccc(OCCO)cc1. The first-order chi connectivity index (χ1) is 10.6. The van der Waals surface area contributed by atoms with Crippen molar-refractivity contribution in [3.63, 3.8) is 0 Å². The number of rotatable bonds is 6. The number of aliphatic hydroxyl groups excluding tert-OH is 1. The third kappa shape index (κ3) is 4.53. The van der Waals surface area contributed by atoms with E-state index in [1.165, 1.54) is 6.07 Å². The third-order valence-electron chi connectivity index (χ3n) is 2.86. The van der Waals surface area contributed by atoms with E-state index >= 15 is 0 Å². The van der Waals surface area contributed by atoms with Gasteiger partial charge in [0.2, 0.25) is 5.91 Å². The van der Waals surface area contributed by atoms with E-state index in [-0.39, 0.29) is 25.2 Å². The van der Waals surface area contributed by atoms with Crippen molar-refractivity contribution >= 4 is 11.6 Å². The lowest BCUT2D eigenvalue weighted by Gasteiger charge is -2.08. The largest absolute Gasteiger partial charge is 0.491 e. The van der Waals surface area contributed by atoms with E-state index in [1.54, 1.807) is 24.3 Å². The number of nitrogens with one attached hydrogen (secondary N) is 1. The molecule has 2 aromatic carbocycles. The summed E-state index contributed by atoms with van der Waals surface area (Å²) in [5.74, 6) is -1.27. The number of amides is 1. The summed E-state index contributed by atoms with van der Waals surface area (Å²) in [5, 5.41) is 11.3. The first-order valence-corrected chi connectivity index (χ1v) is 6.66. The lowest BCUT2D eigenvalue weighted by molar-refractivity contribution is -0.115. The molecule has 0 atom stereocenters. The zero-order valence-corrected chi connectivity index (χ0v) is 11.7. The molecule has 0 radical (unpaired) electrons. The molecular formula is C16H15F2NO3. The molecule has 0 unspecified atom stereocenters. The van der Waals surface area contributed by atoms with Crippen LogP contribution in [0.15, 0.2) is 42.5 Å². The summed E-state index contributed by atoms with van der Waals surface area (Å²) >= 11 is 0. The predicted molar refractivity (Wildman–Crippen MR) is 77.7 cm³/mol. The van der Waals surface area contributed by atoms with Crippen molar-refractivity contribution in [3.8, 4) is 5.75 Å². The molecule has 2 N–H and O–H groups in total. The molecule has 0 fully saturated rings. The molecular weight excluding hydrogens is 292 g/mol. The second kappa shape index (κ2) is 7.51. The number of halogens is 2. The number of benzene rings is 2. The van der Waals surface area contributed by atoms with E-state index in [9.17, 15) is 13.6 Å². The minimum absolute atomic E-state index is 0.0816. The van der Waals surface area contributed by atoms with Gasteiger partial charge in [-0.25, -0.2) is 8.78 Å². The van der Waals surface area contributed by atoms with E-state index in [1.807, 2.05) is 0 Å². The van der Waals surface area contributed by atoms with Crippen LogP contribution in [0.5, 0.6) is 5.75 Å². The molecule has 0 aliphatic rings. The van der Waals surface area contributed by atoms with Crippen molar-refractivity contribution in [1.82, 2.24) is 0 Å². The van der Waals surface area contributed by atoms with Crippen molar-refractivity contribution in [2.75, 3.05) is 18.5 Å². The Morgan fingerprint density at radius 1 is 1.14 bits per heavy atom. The smallest absolute Gasteiger partial charge is 0.228 e. The van der Waals surface area contributed by atoms with Crippen LogP contribution in [0.4, 0.5) is 14.5 Å². The zero-order chi connectivity index (χ0) is 15.9. The minimum Gasteiger partial charge on any atom is -0.491 e. The van der Waals surface area contributed by atoms with Crippen LogP contribution in [0.3, 0.4) is 0 Å². The van der Waals surface area contributed by atoms with Gasteiger partial charge in [0, 0.05) is 11.8 Å². The molecule has 1 amide bonds. The van der Waals surface area contributed by atoms with Crippen LogP contribution < -0.4 is 10.1 Å². The Hall–Kier alpha value is -2.47. The topological polar surface area (TPSA) is 58.6 Å². The highest BCUT2D eigenvalue weighted by Crippen LogP contribution is 2.16. The molecule has 0 saturated heterocycles. The molecule has 0 bridgehead atoms. The van der Waals surface area contributed by atoms with Crippen LogP contribution in [0.1, 0.15) is 5.56 Å². The number of aliphatic hydroxyl groups is 1. The van der Waals surface area contributed by atoms with Gasteiger partial charge in [-0.05, 0) is 35.9 Å². The van der Waals surface area contributed by atoms with Crippen LogP contribution in [0.25, 0.3) is 0 Å². The molecule has 0 aliphatic carbocycles. The summed E-state index contributed by atoms with van der Waals surface area (Å²) in [7, 11) is 0. The summed E-state index contributed by atoms with van der Waals surface area (Å²) in [6.45, 7) is 0.108. The number of hydrogen-bond acceptors (Lipinski definition) is 3. The van der Waals surface area contributed by atoms with Crippen LogP contribution >= 0.6 is 0 Å². The molecule has 0 aromatic heterocycles.